The summed E-state index contributed by atoms with van der Waals surface area (Å²) in [6.45, 7) is 1.31. The van der Waals surface area contributed by atoms with Crippen molar-refractivity contribution in [1.82, 2.24) is 20.0 Å². The predicted molar refractivity (Wildman–Crippen MR) is 77.8 cm³/mol. The molecule has 0 spiro atoms. The number of aromatic amines is 1. The maximum absolute atomic E-state index is 5.70. The molecule has 0 saturated heterocycles. The normalized spacial score (nSPS) is 10.8. The Balaban J connectivity index is 1.80. The monoisotopic (exact) mass is 267 g/mol. The molecule has 20 heavy (non-hydrogen) atoms. The van der Waals surface area contributed by atoms with E-state index in [1.54, 1.807) is 0 Å². The van der Waals surface area contributed by atoms with Gasteiger partial charge in [0.25, 0.3) is 0 Å². The van der Waals surface area contributed by atoms with E-state index in [1.807, 2.05) is 18.2 Å². The van der Waals surface area contributed by atoms with Gasteiger partial charge in [0, 0.05) is 19.3 Å². The van der Waals surface area contributed by atoms with Crippen LogP contribution in [0.5, 0.6) is 0 Å². The van der Waals surface area contributed by atoms with E-state index in [-0.39, 0.29) is 0 Å². The van der Waals surface area contributed by atoms with Crippen LogP contribution in [-0.4, -0.2) is 20.0 Å². The molecule has 0 amide bonds. The van der Waals surface area contributed by atoms with E-state index >= 15 is 0 Å². The van der Waals surface area contributed by atoms with Crippen LogP contribution >= 0.6 is 0 Å². The number of benzene rings is 1. The average Bonchev–Trinajstić information content (AvgIpc) is 3.14. The van der Waals surface area contributed by atoms with Gasteiger partial charge in [0.1, 0.15) is 5.69 Å². The van der Waals surface area contributed by atoms with Gasteiger partial charge < -0.3 is 10.3 Å². The van der Waals surface area contributed by atoms with Crippen molar-refractivity contribution in [3.63, 3.8) is 0 Å². The van der Waals surface area contributed by atoms with Gasteiger partial charge in [-0.05, 0) is 24.1 Å². The van der Waals surface area contributed by atoms with Crippen molar-refractivity contribution in [2.75, 3.05) is 0 Å². The van der Waals surface area contributed by atoms with E-state index in [1.165, 1.54) is 5.56 Å². The van der Waals surface area contributed by atoms with Crippen molar-refractivity contribution in [2.24, 2.45) is 5.73 Å². The molecule has 0 aliphatic rings. The summed E-state index contributed by atoms with van der Waals surface area (Å²) in [6, 6.07) is 14.5. The molecule has 3 rings (SSSR count). The van der Waals surface area contributed by atoms with Crippen molar-refractivity contribution >= 4 is 0 Å². The van der Waals surface area contributed by atoms with E-state index < -0.39 is 0 Å². The molecule has 102 valence electrons. The van der Waals surface area contributed by atoms with Crippen molar-refractivity contribution in [2.45, 2.75) is 19.5 Å². The Hall–Kier alpha value is -2.40. The molecule has 1 aromatic carbocycles. The third-order valence-corrected chi connectivity index (χ3v) is 3.38. The van der Waals surface area contributed by atoms with E-state index in [2.05, 4.69) is 50.4 Å². The number of nitrogens with two attached hydrogens (primary N) is 1. The van der Waals surface area contributed by atoms with Gasteiger partial charge in [-0.2, -0.15) is 0 Å². The summed E-state index contributed by atoms with van der Waals surface area (Å²) >= 11 is 0. The zero-order chi connectivity index (χ0) is 13.8. The Morgan fingerprint density at radius 3 is 2.75 bits per heavy atom. The van der Waals surface area contributed by atoms with E-state index in [9.17, 15) is 0 Å². The Morgan fingerprint density at radius 1 is 1.10 bits per heavy atom. The summed E-state index contributed by atoms with van der Waals surface area (Å²) in [5.74, 6) is 0. The number of hydrogen-bond donors (Lipinski definition) is 2. The number of hydrogen-bond acceptors (Lipinski definition) is 3. The minimum Gasteiger partial charge on any atom is -0.346 e. The molecule has 0 bridgehead atoms. The van der Waals surface area contributed by atoms with Gasteiger partial charge in [-0.25, -0.2) is 0 Å². The van der Waals surface area contributed by atoms with Crippen LogP contribution in [0.3, 0.4) is 0 Å². The minimum atomic E-state index is 0.409. The van der Waals surface area contributed by atoms with E-state index in [4.69, 9.17) is 5.73 Å². The second-order valence-corrected chi connectivity index (χ2v) is 4.67. The topological polar surface area (TPSA) is 72.5 Å². The number of nitrogens with one attached hydrogen (secondary N) is 1. The highest BCUT2D eigenvalue weighted by molar-refractivity contribution is 5.57. The average molecular weight is 267 g/mol. The largest absolute Gasteiger partial charge is 0.346 e. The molecule has 0 fully saturated rings. The lowest BCUT2D eigenvalue weighted by atomic mass is 10.1. The summed E-state index contributed by atoms with van der Waals surface area (Å²) in [4.78, 5) is 0. The summed E-state index contributed by atoms with van der Waals surface area (Å²) in [7, 11) is 0. The van der Waals surface area contributed by atoms with Crippen molar-refractivity contribution in [1.29, 1.82) is 0 Å². The van der Waals surface area contributed by atoms with E-state index in [0.717, 1.165) is 30.0 Å². The van der Waals surface area contributed by atoms with Crippen LogP contribution < -0.4 is 5.73 Å². The molecule has 0 radical (unpaired) electrons. The molecule has 2 aromatic heterocycles. The van der Waals surface area contributed by atoms with Crippen LogP contribution in [0, 0.1) is 0 Å². The van der Waals surface area contributed by atoms with Crippen molar-refractivity contribution in [3.8, 4) is 11.4 Å². The van der Waals surface area contributed by atoms with Gasteiger partial charge in [-0.1, -0.05) is 35.5 Å². The van der Waals surface area contributed by atoms with Gasteiger partial charge in [-0.3, -0.25) is 5.10 Å². The summed E-state index contributed by atoms with van der Waals surface area (Å²) in [5.41, 5.74) is 9.78. The molecule has 0 saturated carbocycles. The zero-order valence-electron chi connectivity index (χ0n) is 11.2. The first-order valence-electron chi connectivity index (χ1n) is 6.68. The Labute approximate surface area is 117 Å². The SMILES string of the molecule is NCc1[nH]nnc1-c1cccn1CCc1ccccc1. The number of rotatable bonds is 5. The second-order valence-electron chi connectivity index (χ2n) is 4.67. The number of aryl methyl sites for hydroxylation is 2. The van der Waals surface area contributed by atoms with Crippen LogP contribution in [0.1, 0.15) is 11.3 Å². The fourth-order valence-corrected chi connectivity index (χ4v) is 2.32. The molecule has 5 nitrogen and oxygen atoms in total. The molecule has 0 aliphatic carbocycles. The third-order valence-electron chi connectivity index (χ3n) is 3.38. The third kappa shape index (κ3) is 2.48. The molecule has 0 atom stereocenters. The highest BCUT2D eigenvalue weighted by atomic mass is 15.3. The number of H-pyrrole nitrogens is 1. The van der Waals surface area contributed by atoms with Crippen LogP contribution in [-0.2, 0) is 19.5 Å². The molecule has 3 aromatic rings. The highest BCUT2D eigenvalue weighted by Crippen LogP contribution is 2.20. The van der Waals surface area contributed by atoms with Gasteiger partial charge >= 0.3 is 0 Å². The quantitative estimate of drug-likeness (QED) is 0.742. The maximum atomic E-state index is 5.70. The summed E-state index contributed by atoms with van der Waals surface area (Å²) < 4.78 is 2.18. The smallest absolute Gasteiger partial charge is 0.133 e. The van der Waals surface area contributed by atoms with Crippen LogP contribution in [0.15, 0.2) is 48.7 Å². The lowest BCUT2D eigenvalue weighted by Gasteiger charge is -2.08. The van der Waals surface area contributed by atoms with Gasteiger partial charge in [-0.15, -0.1) is 5.10 Å². The molecule has 0 aliphatic heterocycles. The first kappa shape index (κ1) is 12.6. The zero-order valence-corrected chi connectivity index (χ0v) is 11.2. The molecule has 5 heteroatoms. The Bertz CT molecular complexity index is 668. The van der Waals surface area contributed by atoms with Crippen molar-refractivity contribution in [3.05, 3.63) is 59.9 Å². The Morgan fingerprint density at radius 2 is 1.95 bits per heavy atom. The predicted octanol–water partition coefficient (Wildman–Crippen LogP) is 1.97. The lowest BCUT2D eigenvalue weighted by molar-refractivity contribution is 0.705. The number of aromatic nitrogens is 4. The molecule has 0 unspecified atom stereocenters. The Kier molecular flexibility index (Phi) is 3.60. The fourth-order valence-electron chi connectivity index (χ4n) is 2.32. The van der Waals surface area contributed by atoms with Gasteiger partial charge in [0.2, 0.25) is 0 Å². The van der Waals surface area contributed by atoms with Gasteiger partial charge in [0.05, 0.1) is 11.4 Å². The summed E-state index contributed by atoms with van der Waals surface area (Å²) in [5, 5.41) is 10.8. The molecule has 3 N–H and O–H groups in total. The molecule has 2 heterocycles. The molecular weight excluding hydrogens is 250 g/mol. The van der Waals surface area contributed by atoms with Crippen LogP contribution in [0.25, 0.3) is 11.4 Å². The van der Waals surface area contributed by atoms with Crippen LogP contribution in [0.2, 0.25) is 0 Å². The standard InChI is InChI=1S/C15H17N5/c16-11-13-15(18-19-17-13)14-7-4-9-20(14)10-8-12-5-2-1-3-6-12/h1-7,9H,8,10-11,16H2,(H,17,18,19). The first-order valence-corrected chi connectivity index (χ1v) is 6.68. The summed E-state index contributed by atoms with van der Waals surface area (Å²) in [6.07, 6.45) is 3.05. The van der Waals surface area contributed by atoms with Gasteiger partial charge in [0.15, 0.2) is 0 Å². The van der Waals surface area contributed by atoms with E-state index in [0.29, 0.717) is 6.54 Å². The highest BCUT2D eigenvalue weighted by Gasteiger charge is 2.12. The second kappa shape index (κ2) is 5.71. The minimum absolute atomic E-state index is 0.409. The van der Waals surface area contributed by atoms with Crippen molar-refractivity contribution < 1.29 is 0 Å². The lowest BCUT2D eigenvalue weighted by Crippen LogP contribution is -2.04. The molecular formula is C15H17N5. The fraction of sp³-hybridized carbons (Fsp3) is 0.200. The van der Waals surface area contributed by atoms with Crippen LogP contribution in [0.4, 0.5) is 0 Å². The first-order chi connectivity index (χ1) is 9.88. The number of nitrogens with zero attached hydrogens (tertiary/aromatic N) is 3. The maximum Gasteiger partial charge on any atom is 0.133 e.